The monoisotopic (exact) mass is 272 g/mol. The highest BCUT2D eigenvalue weighted by molar-refractivity contribution is 5.57. The molecule has 1 unspecified atom stereocenters. The average molecular weight is 272 g/mol. The van der Waals surface area contributed by atoms with Crippen LogP contribution in [0.2, 0.25) is 0 Å². The Balaban J connectivity index is 1.84. The third-order valence-electron chi connectivity index (χ3n) is 3.65. The van der Waals surface area contributed by atoms with E-state index in [9.17, 15) is 0 Å². The minimum Gasteiger partial charge on any atom is -0.381 e. The van der Waals surface area contributed by atoms with E-state index in [2.05, 4.69) is 21.4 Å². The smallest absolute Gasteiger partial charge is 0.161 e. The van der Waals surface area contributed by atoms with E-state index in [0.717, 1.165) is 49.8 Å². The van der Waals surface area contributed by atoms with Gasteiger partial charge in [0.15, 0.2) is 5.82 Å². The number of pyridine rings is 1. The van der Waals surface area contributed by atoms with Gasteiger partial charge < -0.3 is 10.1 Å². The molecular weight excluding hydrogens is 252 g/mol. The van der Waals surface area contributed by atoms with Gasteiger partial charge in [-0.25, -0.2) is 9.97 Å². The molecule has 0 aliphatic carbocycles. The Morgan fingerprint density at radius 3 is 3.05 bits per heavy atom. The Morgan fingerprint density at radius 2 is 2.20 bits per heavy atom. The van der Waals surface area contributed by atoms with Crippen LogP contribution in [0.4, 0.5) is 5.69 Å². The van der Waals surface area contributed by atoms with Crippen LogP contribution in [-0.2, 0) is 4.74 Å². The van der Waals surface area contributed by atoms with Crippen LogP contribution in [0.25, 0.3) is 5.82 Å². The quantitative estimate of drug-likeness (QED) is 0.933. The number of anilines is 1. The molecule has 1 aliphatic rings. The molecule has 1 saturated heterocycles. The number of imidazole rings is 1. The largest absolute Gasteiger partial charge is 0.381 e. The summed E-state index contributed by atoms with van der Waals surface area (Å²) in [5.41, 5.74) is 1.06. The van der Waals surface area contributed by atoms with Crippen LogP contribution < -0.4 is 5.32 Å². The Morgan fingerprint density at radius 1 is 1.25 bits per heavy atom. The van der Waals surface area contributed by atoms with Crippen LogP contribution in [-0.4, -0.2) is 33.8 Å². The molecule has 2 aromatic heterocycles. The summed E-state index contributed by atoms with van der Waals surface area (Å²) in [4.78, 5) is 8.77. The molecule has 0 radical (unpaired) electrons. The molecule has 1 N–H and O–H groups in total. The molecular formula is C15H20N4O. The zero-order valence-corrected chi connectivity index (χ0v) is 11.7. The summed E-state index contributed by atoms with van der Waals surface area (Å²) < 4.78 is 7.52. The first kappa shape index (κ1) is 13.1. The molecule has 0 aromatic carbocycles. The summed E-state index contributed by atoms with van der Waals surface area (Å²) in [6.07, 6.45) is 8.84. The summed E-state index contributed by atoms with van der Waals surface area (Å²) in [5, 5.41) is 3.61. The van der Waals surface area contributed by atoms with Crippen molar-refractivity contribution in [2.75, 3.05) is 18.5 Å². The summed E-state index contributed by atoms with van der Waals surface area (Å²) in [5.74, 6) is 1.85. The van der Waals surface area contributed by atoms with Crippen molar-refractivity contribution >= 4 is 5.69 Å². The molecule has 106 valence electrons. The second-order valence-corrected chi connectivity index (χ2v) is 5.10. The summed E-state index contributed by atoms with van der Waals surface area (Å²) in [6, 6.07) is 4.49. The number of nitrogens with one attached hydrogen (secondary N) is 1. The first-order valence-electron chi connectivity index (χ1n) is 7.14. The number of hydrogen-bond acceptors (Lipinski definition) is 4. The van der Waals surface area contributed by atoms with Crippen molar-refractivity contribution < 1.29 is 4.74 Å². The number of aromatic nitrogens is 3. The zero-order valence-electron chi connectivity index (χ0n) is 11.7. The lowest BCUT2D eigenvalue weighted by atomic mass is 10.1. The van der Waals surface area contributed by atoms with E-state index in [0.29, 0.717) is 6.04 Å². The van der Waals surface area contributed by atoms with Gasteiger partial charge in [-0.05, 0) is 38.3 Å². The van der Waals surface area contributed by atoms with Crippen molar-refractivity contribution in [2.45, 2.75) is 32.2 Å². The molecule has 0 bridgehead atoms. The fourth-order valence-electron chi connectivity index (χ4n) is 2.57. The lowest BCUT2D eigenvalue weighted by Gasteiger charge is -2.19. The van der Waals surface area contributed by atoms with E-state index in [1.54, 1.807) is 6.20 Å². The number of aryl methyl sites for hydroxylation is 1. The van der Waals surface area contributed by atoms with Crippen LogP contribution in [0.5, 0.6) is 0 Å². The van der Waals surface area contributed by atoms with Crippen molar-refractivity contribution in [3.05, 3.63) is 36.5 Å². The molecule has 5 heteroatoms. The van der Waals surface area contributed by atoms with Gasteiger partial charge in [0.05, 0.1) is 5.69 Å². The van der Waals surface area contributed by atoms with E-state index >= 15 is 0 Å². The Kier molecular flexibility index (Phi) is 3.97. The second-order valence-electron chi connectivity index (χ2n) is 5.10. The lowest BCUT2D eigenvalue weighted by Crippen LogP contribution is -2.21. The van der Waals surface area contributed by atoms with Crippen LogP contribution in [0.3, 0.4) is 0 Å². The predicted octanol–water partition coefficient (Wildman–Crippen LogP) is 2.56. The maximum atomic E-state index is 5.51. The molecule has 1 atom stereocenters. The molecule has 5 nitrogen and oxygen atoms in total. The van der Waals surface area contributed by atoms with Gasteiger partial charge in [0.25, 0.3) is 0 Å². The molecule has 3 rings (SSSR count). The second kappa shape index (κ2) is 6.05. The zero-order chi connectivity index (χ0) is 13.8. The minimum atomic E-state index is 0.448. The van der Waals surface area contributed by atoms with E-state index < -0.39 is 0 Å². The van der Waals surface area contributed by atoms with Gasteiger partial charge in [0, 0.05) is 37.8 Å². The number of ether oxygens (including phenoxy) is 1. The van der Waals surface area contributed by atoms with Gasteiger partial charge in [-0.3, -0.25) is 4.57 Å². The first-order valence-corrected chi connectivity index (χ1v) is 7.14. The summed E-state index contributed by atoms with van der Waals surface area (Å²) in [6.45, 7) is 3.69. The Labute approximate surface area is 119 Å². The number of rotatable bonds is 3. The predicted molar refractivity (Wildman–Crippen MR) is 78.2 cm³/mol. The maximum absolute atomic E-state index is 5.51. The van der Waals surface area contributed by atoms with E-state index in [1.807, 2.05) is 30.0 Å². The molecule has 1 aliphatic heterocycles. The summed E-state index contributed by atoms with van der Waals surface area (Å²) in [7, 11) is 0. The van der Waals surface area contributed by atoms with E-state index in [1.165, 1.54) is 0 Å². The number of hydrogen-bond donors (Lipinski definition) is 1. The molecule has 0 amide bonds. The van der Waals surface area contributed by atoms with Gasteiger partial charge in [-0.1, -0.05) is 0 Å². The van der Waals surface area contributed by atoms with Gasteiger partial charge in [-0.15, -0.1) is 0 Å². The first-order chi connectivity index (χ1) is 9.84. The Bertz CT molecular complexity index is 559. The SMILES string of the molecule is Cc1nccn1-c1ncccc1NC1CCCOCC1. The normalized spacial score (nSPS) is 19.6. The molecule has 0 spiro atoms. The highest BCUT2D eigenvalue weighted by Crippen LogP contribution is 2.22. The fraction of sp³-hybridized carbons (Fsp3) is 0.467. The van der Waals surface area contributed by atoms with Crippen LogP contribution >= 0.6 is 0 Å². The highest BCUT2D eigenvalue weighted by atomic mass is 16.5. The van der Waals surface area contributed by atoms with Crippen LogP contribution in [0.15, 0.2) is 30.7 Å². The molecule has 0 saturated carbocycles. The van der Waals surface area contributed by atoms with Crippen molar-refractivity contribution in [3.8, 4) is 5.82 Å². The molecule has 20 heavy (non-hydrogen) atoms. The van der Waals surface area contributed by atoms with Crippen LogP contribution in [0.1, 0.15) is 25.1 Å². The highest BCUT2D eigenvalue weighted by Gasteiger charge is 2.15. The maximum Gasteiger partial charge on any atom is 0.161 e. The van der Waals surface area contributed by atoms with Crippen molar-refractivity contribution in [3.63, 3.8) is 0 Å². The Hall–Kier alpha value is -1.88. The molecule has 3 heterocycles. The number of nitrogens with zero attached hydrogens (tertiary/aromatic N) is 3. The van der Waals surface area contributed by atoms with Crippen molar-refractivity contribution in [1.29, 1.82) is 0 Å². The van der Waals surface area contributed by atoms with E-state index in [4.69, 9.17) is 4.74 Å². The van der Waals surface area contributed by atoms with Gasteiger partial charge in [0.2, 0.25) is 0 Å². The third-order valence-corrected chi connectivity index (χ3v) is 3.65. The van der Waals surface area contributed by atoms with Gasteiger partial charge in [0.1, 0.15) is 5.82 Å². The summed E-state index contributed by atoms with van der Waals surface area (Å²) >= 11 is 0. The minimum absolute atomic E-state index is 0.448. The van der Waals surface area contributed by atoms with E-state index in [-0.39, 0.29) is 0 Å². The average Bonchev–Trinajstić information content (AvgIpc) is 2.73. The van der Waals surface area contributed by atoms with Gasteiger partial charge in [-0.2, -0.15) is 0 Å². The standard InChI is InChI=1S/C15H20N4O/c1-12-16-8-9-19(12)15-14(5-2-7-17-15)18-13-4-3-10-20-11-6-13/h2,5,7-9,13,18H,3-4,6,10-11H2,1H3. The van der Waals surface area contributed by atoms with Crippen molar-refractivity contribution in [1.82, 2.24) is 14.5 Å². The fourth-order valence-corrected chi connectivity index (χ4v) is 2.57. The lowest BCUT2D eigenvalue weighted by molar-refractivity contribution is 0.144. The van der Waals surface area contributed by atoms with Gasteiger partial charge >= 0.3 is 0 Å². The van der Waals surface area contributed by atoms with Crippen molar-refractivity contribution in [2.24, 2.45) is 0 Å². The van der Waals surface area contributed by atoms with Crippen LogP contribution in [0, 0.1) is 6.92 Å². The topological polar surface area (TPSA) is 52.0 Å². The molecule has 1 fully saturated rings. The molecule has 2 aromatic rings. The third kappa shape index (κ3) is 2.82.